The minimum Gasteiger partial charge on any atom is -0.383 e. The van der Waals surface area contributed by atoms with Gasteiger partial charge in [-0.3, -0.25) is 5.10 Å². The van der Waals surface area contributed by atoms with E-state index in [0.717, 1.165) is 16.3 Å². The fraction of sp³-hybridized carbons (Fsp3) is 0.333. The first-order valence-corrected chi connectivity index (χ1v) is 8.43. The van der Waals surface area contributed by atoms with Crippen LogP contribution in [0.4, 0.5) is 11.8 Å². The number of nitrogens with zero attached hydrogens (tertiary/aromatic N) is 4. The van der Waals surface area contributed by atoms with Gasteiger partial charge >= 0.3 is 0 Å². The van der Waals surface area contributed by atoms with Gasteiger partial charge in [0.15, 0.2) is 0 Å². The lowest BCUT2D eigenvalue weighted by Gasteiger charge is -2.12. The Balaban J connectivity index is 1.54. The van der Waals surface area contributed by atoms with Gasteiger partial charge < -0.3 is 11.1 Å². The zero-order valence-corrected chi connectivity index (χ0v) is 13.5. The number of H-pyrrole nitrogens is 1. The molecule has 4 N–H and O–H groups in total. The van der Waals surface area contributed by atoms with E-state index >= 15 is 0 Å². The molecule has 8 heteroatoms. The van der Waals surface area contributed by atoms with E-state index in [1.54, 1.807) is 23.7 Å². The highest BCUT2D eigenvalue weighted by molar-refractivity contribution is 7.09. The average molecular weight is 327 g/mol. The van der Waals surface area contributed by atoms with Crippen LogP contribution in [-0.4, -0.2) is 25.1 Å². The van der Waals surface area contributed by atoms with Crippen molar-refractivity contribution in [2.24, 2.45) is 0 Å². The number of aromatic nitrogens is 5. The Morgan fingerprint density at radius 3 is 2.96 bits per heavy atom. The van der Waals surface area contributed by atoms with E-state index in [2.05, 4.69) is 30.5 Å². The van der Waals surface area contributed by atoms with Crippen molar-refractivity contribution >= 4 is 23.1 Å². The van der Waals surface area contributed by atoms with Gasteiger partial charge in [0.25, 0.3) is 0 Å². The smallest absolute Gasteiger partial charge is 0.225 e. The number of thiazole rings is 1. The molecular formula is C15H17N7S. The van der Waals surface area contributed by atoms with Gasteiger partial charge in [-0.15, -0.1) is 11.3 Å². The number of rotatable bonds is 5. The summed E-state index contributed by atoms with van der Waals surface area (Å²) in [6.07, 6.45) is 5.95. The summed E-state index contributed by atoms with van der Waals surface area (Å²) in [5, 5.41) is 13.5. The Morgan fingerprint density at radius 2 is 2.26 bits per heavy atom. The number of nitrogens with two attached hydrogens (primary N) is 1. The second-order valence-corrected chi connectivity index (χ2v) is 6.64. The highest BCUT2D eigenvalue weighted by atomic mass is 32.1. The number of hydrogen-bond donors (Lipinski definition) is 3. The molecule has 0 spiro atoms. The molecule has 0 saturated heterocycles. The Morgan fingerprint density at radius 1 is 1.39 bits per heavy atom. The first kappa shape index (κ1) is 14.1. The predicted molar refractivity (Wildman–Crippen MR) is 90.2 cm³/mol. The molecule has 1 unspecified atom stereocenters. The van der Waals surface area contributed by atoms with Gasteiger partial charge in [-0.2, -0.15) is 10.1 Å². The standard InChI is InChI=1S/C15H17N7S/c1-8(14-17-4-5-23-14)19-15-18-7-10(13(16)20-15)12-6-11(21-22-12)9-2-3-9/h4-9H,2-3H2,1H3,(H,21,22)(H3,16,18,19,20). The van der Waals surface area contributed by atoms with Crippen LogP contribution in [0.2, 0.25) is 0 Å². The summed E-state index contributed by atoms with van der Waals surface area (Å²) >= 11 is 1.59. The normalized spacial score (nSPS) is 15.5. The lowest BCUT2D eigenvalue weighted by Crippen LogP contribution is -2.10. The summed E-state index contributed by atoms with van der Waals surface area (Å²) in [5.41, 5.74) is 8.80. The van der Waals surface area contributed by atoms with Gasteiger partial charge in [0, 0.05) is 29.4 Å². The molecule has 1 aliphatic rings. The van der Waals surface area contributed by atoms with Crippen molar-refractivity contribution < 1.29 is 0 Å². The zero-order chi connectivity index (χ0) is 15.8. The van der Waals surface area contributed by atoms with Gasteiger partial charge in [-0.1, -0.05) is 0 Å². The minimum absolute atomic E-state index is 0.0344. The quantitative estimate of drug-likeness (QED) is 0.665. The molecule has 0 amide bonds. The predicted octanol–water partition coefficient (Wildman–Crippen LogP) is 2.96. The van der Waals surface area contributed by atoms with Crippen LogP contribution in [-0.2, 0) is 0 Å². The number of anilines is 2. The Labute approximate surface area is 137 Å². The van der Waals surface area contributed by atoms with Crippen LogP contribution < -0.4 is 11.1 Å². The summed E-state index contributed by atoms with van der Waals surface area (Å²) in [6, 6.07) is 2.07. The molecule has 0 bridgehead atoms. The Hall–Kier alpha value is -2.48. The van der Waals surface area contributed by atoms with Crippen molar-refractivity contribution in [3.05, 3.63) is 34.5 Å². The molecule has 1 saturated carbocycles. The van der Waals surface area contributed by atoms with Gasteiger partial charge in [0.2, 0.25) is 5.95 Å². The van der Waals surface area contributed by atoms with Crippen molar-refractivity contribution in [2.45, 2.75) is 31.7 Å². The van der Waals surface area contributed by atoms with Crippen molar-refractivity contribution in [3.8, 4) is 11.3 Å². The maximum Gasteiger partial charge on any atom is 0.225 e. The van der Waals surface area contributed by atoms with Crippen LogP contribution in [0, 0.1) is 0 Å². The summed E-state index contributed by atoms with van der Waals surface area (Å²) in [7, 11) is 0. The van der Waals surface area contributed by atoms with Crippen LogP contribution in [0.5, 0.6) is 0 Å². The van der Waals surface area contributed by atoms with Gasteiger partial charge in [-0.25, -0.2) is 9.97 Å². The van der Waals surface area contributed by atoms with Crippen molar-refractivity contribution in [1.82, 2.24) is 25.1 Å². The lowest BCUT2D eigenvalue weighted by atomic mass is 10.2. The lowest BCUT2D eigenvalue weighted by molar-refractivity contribution is 0.849. The maximum absolute atomic E-state index is 6.09. The van der Waals surface area contributed by atoms with E-state index in [9.17, 15) is 0 Å². The average Bonchev–Trinajstić information content (AvgIpc) is 3.04. The van der Waals surface area contributed by atoms with E-state index in [4.69, 9.17) is 5.73 Å². The van der Waals surface area contributed by atoms with E-state index in [0.29, 0.717) is 17.7 Å². The molecule has 23 heavy (non-hydrogen) atoms. The third-order valence-corrected chi connectivity index (χ3v) is 4.83. The first-order chi connectivity index (χ1) is 11.2. The highest BCUT2D eigenvalue weighted by Crippen LogP contribution is 2.40. The highest BCUT2D eigenvalue weighted by Gasteiger charge is 2.26. The Bertz CT molecular complexity index is 807. The molecule has 3 aromatic heterocycles. The molecular weight excluding hydrogens is 310 g/mol. The van der Waals surface area contributed by atoms with Crippen LogP contribution in [0.3, 0.4) is 0 Å². The summed E-state index contributed by atoms with van der Waals surface area (Å²) < 4.78 is 0. The molecule has 3 heterocycles. The van der Waals surface area contributed by atoms with Crippen molar-refractivity contribution in [2.75, 3.05) is 11.1 Å². The fourth-order valence-electron chi connectivity index (χ4n) is 2.44. The van der Waals surface area contributed by atoms with Gasteiger partial charge in [0.05, 0.1) is 17.3 Å². The van der Waals surface area contributed by atoms with E-state index in [-0.39, 0.29) is 6.04 Å². The monoisotopic (exact) mass is 327 g/mol. The van der Waals surface area contributed by atoms with E-state index in [1.807, 2.05) is 18.4 Å². The molecule has 0 radical (unpaired) electrons. The Kier molecular flexibility index (Phi) is 3.45. The second-order valence-electron chi connectivity index (χ2n) is 5.71. The zero-order valence-electron chi connectivity index (χ0n) is 12.7. The summed E-state index contributed by atoms with van der Waals surface area (Å²) in [4.78, 5) is 13.0. The third-order valence-electron chi connectivity index (χ3n) is 3.88. The van der Waals surface area contributed by atoms with Crippen molar-refractivity contribution in [3.63, 3.8) is 0 Å². The largest absolute Gasteiger partial charge is 0.383 e. The molecule has 1 fully saturated rings. The third kappa shape index (κ3) is 2.89. The molecule has 3 aromatic rings. The molecule has 118 valence electrons. The molecule has 0 aliphatic heterocycles. The number of nitrogens with one attached hydrogen (secondary N) is 2. The number of aromatic amines is 1. The topological polar surface area (TPSA) is 105 Å². The number of hydrogen-bond acceptors (Lipinski definition) is 7. The van der Waals surface area contributed by atoms with E-state index in [1.165, 1.54) is 18.5 Å². The molecule has 1 aliphatic carbocycles. The molecule has 1 atom stereocenters. The van der Waals surface area contributed by atoms with E-state index < -0.39 is 0 Å². The van der Waals surface area contributed by atoms with Crippen LogP contribution in [0.15, 0.2) is 23.8 Å². The molecule has 0 aromatic carbocycles. The SMILES string of the molecule is CC(Nc1ncc(-c2cc(C3CC3)[nH]n2)c(N)n1)c1nccs1. The fourth-order valence-corrected chi connectivity index (χ4v) is 3.09. The summed E-state index contributed by atoms with van der Waals surface area (Å²) in [5.74, 6) is 1.54. The van der Waals surface area contributed by atoms with Crippen molar-refractivity contribution in [1.29, 1.82) is 0 Å². The maximum atomic E-state index is 6.09. The summed E-state index contributed by atoms with van der Waals surface area (Å²) in [6.45, 7) is 2.02. The molecule has 4 rings (SSSR count). The van der Waals surface area contributed by atoms with Gasteiger partial charge in [0.1, 0.15) is 10.8 Å². The van der Waals surface area contributed by atoms with Gasteiger partial charge in [-0.05, 0) is 25.8 Å². The van der Waals surface area contributed by atoms with Crippen LogP contribution in [0.1, 0.15) is 42.4 Å². The van der Waals surface area contributed by atoms with Crippen LogP contribution >= 0.6 is 11.3 Å². The molecule has 7 nitrogen and oxygen atoms in total. The first-order valence-electron chi connectivity index (χ1n) is 7.55. The second kappa shape index (κ2) is 5.62. The number of nitrogen functional groups attached to an aromatic ring is 1. The van der Waals surface area contributed by atoms with Crippen LogP contribution in [0.25, 0.3) is 11.3 Å². The minimum atomic E-state index is 0.0344.